The van der Waals surface area contributed by atoms with Crippen molar-refractivity contribution in [1.82, 2.24) is 0 Å². The molecular formula is C58H88O6. The lowest BCUT2D eigenvalue weighted by atomic mass is 10.1. The monoisotopic (exact) mass is 881 g/mol. The van der Waals surface area contributed by atoms with E-state index in [4.69, 9.17) is 14.2 Å². The molecule has 0 aromatic rings. The number of hydrogen-bond donors (Lipinski definition) is 0. The van der Waals surface area contributed by atoms with Crippen molar-refractivity contribution >= 4 is 17.9 Å². The Bertz CT molecular complexity index is 1480. The Morgan fingerprint density at radius 2 is 0.641 bits per heavy atom. The van der Waals surface area contributed by atoms with Crippen molar-refractivity contribution in [3.63, 3.8) is 0 Å². The Morgan fingerprint density at radius 3 is 1.08 bits per heavy atom. The zero-order valence-electron chi connectivity index (χ0n) is 40.5. The van der Waals surface area contributed by atoms with Crippen molar-refractivity contribution < 1.29 is 28.6 Å². The molecule has 6 nitrogen and oxygen atoms in total. The largest absolute Gasteiger partial charge is 0.462 e. The highest BCUT2D eigenvalue weighted by Gasteiger charge is 2.19. The second-order valence-electron chi connectivity index (χ2n) is 15.9. The third-order valence-corrected chi connectivity index (χ3v) is 9.85. The Labute approximate surface area is 391 Å². The van der Waals surface area contributed by atoms with E-state index in [1.165, 1.54) is 57.8 Å². The first-order valence-electron chi connectivity index (χ1n) is 25.0. The van der Waals surface area contributed by atoms with E-state index in [-0.39, 0.29) is 50.4 Å². The highest BCUT2D eigenvalue weighted by Crippen LogP contribution is 2.12. The van der Waals surface area contributed by atoms with Crippen LogP contribution in [0.15, 0.2) is 146 Å². The van der Waals surface area contributed by atoms with Crippen molar-refractivity contribution in [2.24, 2.45) is 0 Å². The quantitative estimate of drug-likeness (QED) is 0.0200. The molecule has 0 aromatic heterocycles. The molecule has 0 N–H and O–H groups in total. The average Bonchev–Trinajstić information content (AvgIpc) is 3.29. The maximum absolute atomic E-state index is 12.8. The molecule has 1 atom stereocenters. The Kier molecular flexibility index (Phi) is 47.2. The molecule has 0 aliphatic carbocycles. The summed E-state index contributed by atoms with van der Waals surface area (Å²) in [5.41, 5.74) is 0. The Balaban J connectivity index is 4.62. The second kappa shape index (κ2) is 50.9. The summed E-state index contributed by atoms with van der Waals surface area (Å²) in [5.74, 6) is -1.07. The summed E-state index contributed by atoms with van der Waals surface area (Å²) in [6.45, 7) is 6.21. The SMILES string of the molecule is CC\C=C/C=C\C=C/C=C\C=C/CCCC(=O)OCC(COC(=O)CCCCC\C=C/C=C/C=C\C=C/C=C\C=C/CC)OC(=O)CCCCCCC/C=C\CCCCCCCCC. The lowest BCUT2D eigenvalue weighted by molar-refractivity contribution is -0.167. The molecule has 0 spiro atoms. The normalized spacial score (nSPS) is 13.4. The highest BCUT2D eigenvalue weighted by atomic mass is 16.6. The van der Waals surface area contributed by atoms with E-state index in [0.29, 0.717) is 12.8 Å². The van der Waals surface area contributed by atoms with Crippen LogP contribution in [0, 0.1) is 0 Å². The minimum Gasteiger partial charge on any atom is -0.462 e. The summed E-state index contributed by atoms with van der Waals surface area (Å²) in [4.78, 5) is 37.9. The fourth-order valence-corrected chi connectivity index (χ4v) is 6.14. The first kappa shape index (κ1) is 59.3. The summed E-state index contributed by atoms with van der Waals surface area (Å²) in [5, 5.41) is 0. The molecule has 0 saturated heterocycles. The molecule has 1 unspecified atom stereocenters. The second-order valence-corrected chi connectivity index (χ2v) is 15.9. The maximum atomic E-state index is 12.8. The molecule has 0 fully saturated rings. The van der Waals surface area contributed by atoms with Gasteiger partial charge in [-0.15, -0.1) is 0 Å². The van der Waals surface area contributed by atoms with Gasteiger partial charge in [0.1, 0.15) is 13.2 Å². The molecule has 356 valence electrons. The molecule has 0 radical (unpaired) electrons. The fourth-order valence-electron chi connectivity index (χ4n) is 6.14. The molecule has 0 bridgehead atoms. The molecule has 0 saturated carbocycles. The van der Waals surface area contributed by atoms with Gasteiger partial charge in [-0.25, -0.2) is 0 Å². The number of allylic oxidation sites excluding steroid dienone is 24. The predicted molar refractivity (Wildman–Crippen MR) is 274 cm³/mol. The van der Waals surface area contributed by atoms with Gasteiger partial charge in [0.05, 0.1) is 0 Å². The van der Waals surface area contributed by atoms with Crippen molar-refractivity contribution in [3.05, 3.63) is 146 Å². The third-order valence-electron chi connectivity index (χ3n) is 9.85. The van der Waals surface area contributed by atoms with E-state index >= 15 is 0 Å². The van der Waals surface area contributed by atoms with E-state index < -0.39 is 6.10 Å². The molecule has 0 aliphatic rings. The number of rotatable bonds is 42. The summed E-state index contributed by atoms with van der Waals surface area (Å²) in [6, 6.07) is 0. The van der Waals surface area contributed by atoms with Crippen LogP contribution in [0.3, 0.4) is 0 Å². The van der Waals surface area contributed by atoms with Crippen LogP contribution in [-0.4, -0.2) is 37.2 Å². The minimum atomic E-state index is -0.835. The van der Waals surface area contributed by atoms with Crippen molar-refractivity contribution in [1.29, 1.82) is 0 Å². The zero-order chi connectivity index (χ0) is 46.5. The van der Waals surface area contributed by atoms with Crippen LogP contribution in [-0.2, 0) is 28.6 Å². The van der Waals surface area contributed by atoms with E-state index in [9.17, 15) is 14.4 Å². The van der Waals surface area contributed by atoms with Crippen molar-refractivity contribution in [2.75, 3.05) is 13.2 Å². The third kappa shape index (κ3) is 48.3. The van der Waals surface area contributed by atoms with Gasteiger partial charge < -0.3 is 14.2 Å². The van der Waals surface area contributed by atoms with E-state index in [1.807, 2.05) is 115 Å². The van der Waals surface area contributed by atoms with Crippen molar-refractivity contribution in [2.45, 2.75) is 187 Å². The van der Waals surface area contributed by atoms with Gasteiger partial charge in [0, 0.05) is 19.3 Å². The first-order valence-corrected chi connectivity index (χ1v) is 25.0. The van der Waals surface area contributed by atoms with E-state index in [1.54, 1.807) is 0 Å². The van der Waals surface area contributed by atoms with Crippen molar-refractivity contribution in [3.8, 4) is 0 Å². The summed E-state index contributed by atoms with van der Waals surface area (Å²) in [7, 11) is 0. The molecule has 0 heterocycles. The molecule has 64 heavy (non-hydrogen) atoms. The Morgan fingerprint density at radius 1 is 0.328 bits per heavy atom. The number of carbonyl (C=O) groups is 3. The lowest BCUT2D eigenvalue weighted by Crippen LogP contribution is -2.30. The highest BCUT2D eigenvalue weighted by molar-refractivity contribution is 5.71. The molecule has 0 rings (SSSR count). The standard InChI is InChI=1S/C58H88O6/c1-4-7-10-13-16-19-22-25-27-29-31-33-36-39-42-45-48-51-57(60)63-54-55(53-62-56(59)50-47-44-41-38-35-32-24-21-18-15-12-9-6-3)64-58(61)52-49-46-43-40-37-34-30-28-26-23-20-17-14-11-8-5-2/h7,9-10,12-13,15-16,18-19,21-22,24-25,27-33,35-36,38,41,55H,4-6,8,11,14,17,20,23,26,34,37,39-40,42-54H2,1-3H3/b10-7-,12-9-,16-13-,18-15-,22-19-,24-21-,27-25-,30-28-,31-29+,35-32-,36-33-,41-38-. The first-order chi connectivity index (χ1) is 31.5. The minimum absolute atomic E-state index is 0.134. The summed E-state index contributed by atoms with van der Waals surface area (Å²) >= 11 is 0. The van der Waals surface area contributed by atoms with Gasteiger partial charge in [-0.3, -0.25) is 14.4 Å². The van der Waals surface area contributed by atoms with Gasteiger partial charge in [-0.2, -0.15) is 0 Å². The van der Waals surface area contributed by atoms with Crippen LogP contribution >= 0.6 is 0 Å². The van der Waals surface area contributed by atoms with Crippen LogP contribution in [0.1, 0.15) is 181 Å². The number of esters is 3. The van der Waals surface area contributed by atoms with Gasteiger partial charge in [0.25, 0.3) is 0 Å². The molecule has 6 heteroatoms. The van der Waals surface area contributed by atoms with Crippen LogP contribution < -0.4 is 0 Å². The maximum Gasteiger partial charge on any atom is 0.306 e. The number of hydrogen-bond acceptors (Lipinski definition) is 6. The smallest absolute Gasteiger partial charge is 0.306 e. The zero-order valence-corrected chi connectivity index (χ0v) is 40.5. The molecule has 0 aromatic carbocycles. The number of carbonyl (C=O) groups excluding carboxylic acids is 3. The fraction of sp³-hybridized carbons (Fsp3) is 0.534. The van der Waals surface area contributed by atoms with Crippen LogP contribution in [0.25, 0.3) is 0 Å². The molecule has 0 aliphatic heterocycles. The lowest BCUT2D eigenvalue weighted by Gasteiger charge is -2.18. The topological polar surface area (TPSA) is 78.9 Å². The van der Waals surface area contributed by atoms with Gasteiger partial charge in [0.15, 0.2) is 6.10 Å². The number of ether oxygens (including phenoxy) is 3. The van der Waals surface area contributed by atoms with E-state index in [2.05, 4.69) is 51.2 Å². The molecular weight excluding hydrogens is 793 g/mol. The Hall–Kier alpha value is -4.71. The predicted octanol–water partition coefficient (Wildman–Crippen LogP) is 16.5. The van der Waals surface area contributed by atoms with E-state index in [0.717, 1.165) is 70.6 Å². The summed E-state index contributed by atoms with van der Waals surface area (Å²) < 4.78 is 16.7. The van der Waals surface area contributed by atoms with Gasteiger partial charge in [-0.1, -0.05) is 231 Å². The number of unbranched alkanes of at least 4 members (excludes halogenated alkanes) is 16. The molecule has 0 amide bonds. The van der Waals surface area contributed by atoms with Crippen LogP contribution in [0.2, 0.25) is 0 Å². The van der Waals surface area contributed by atoms with Crippen LogP contribution in [0.5, 0.6) is 0 Å². The van der Waals surface area contributed by atoms with Gasteiger partial charge in [-0.05, 0) is 77.0 Å². The van der Waals surface area contributed by atoms with Gasteiger partial charge in [0.2, 0.25) is 0 Å². The average molecular weight is 881 g/mol. The van der Waals surface area contributed by atoms with Crippen LogP contribution in [0.4, 0.5) is 0 Å². The van der Waals surface area contributed by atoms with Gasteiger partial charge >= 0.3 is 17.9 Å². The summed E-state index contributed by atoms with van der Waals surface area (Å²) in [6.07, 6.45) is 72.6.